The highest BCUT2D eigenvalue weighted by atomic mass is 32.1. The Labute approximate surface area is 200 Å². The summed E-state index contributed by atoms with van der Waals surface area (Å²) in [6, 6.07) is 25.2. The molecule has 1 N–H and O–H groups in total. The van der Waals surface area contributed by atoms with Gasteiger partial charge in [-0.05, 0) is 81.9 Å². The fraction of sp³-hybridized carbons (Fsp3) is 0.214. The lowest BCUT2D eigenvalue weighted by Gasteiger charge is -2.29. The normalized spacial score (nSPS) is 17.9. The second-order valence-electron chi connectivity index (χ2n) is 8.71. The van der Waals surface area contributed by atoms with Crippen molar-refractivity contribution in [2.75, 3.05) is 4.90 Å². The van der Waals surface area contributed by atoms with E-state index in [0.717, 1.165) is 16.5 Å². The lowest BCUT2D eigenvalue weighted by atomic mass is 9.93. The molecule has 5 rings (SSSR count). The van der Waals surface area contributed by atoms with Gasteiger partial charge in [-0.15, -0.1) is 0 Å². The van der Waals surface area contributed by atoms with Gasteiger partial charge in [0.1, 0.15) is 0 Å². The van der Waals surface area contributed by atoms with Crippen LogP contribution in [0.5, 0.6) is 0 Å². The molecule has 2 aromatic carbocycles. The van der Waals surface area contributed by atoms with E-state index in [4.69, 9.17) is 17.2 Å². The highest BCUT2D eigenvalue weighted by molar-refractivity contribution is 7.80. The van der Waals surface area contributed by atoms with Crippen molar-refractivity contribution in [1.82, 2.24) is 14.9 Å². The summed E-state index contributed by atoms with van der Waals surface area (Å²) in [7, 11) is 0. The van der Waals surface area contributed by atoms with Crippen molar-refractivity contribution in [3.8, 4) is 5.69 Å². The van der Waals surface area contributed by atoms with Crippen LogP contribution < -0.4 is 10.2 Å². The van der Waals surface area contributed by atoms with Gasteiger partial charge in [0, 0.05) is 34.5 Å². The van der Waals surface area contributed by atoms with Gasteiger partial charge >= 0.3 is 0 Å². The van der Waals surface area contributed by atoms with Gasteiger partial charge in [-0.1, -0.05) is 42.0 Å². The largest absolute Gasteiger partial charge is 0.351 e. The Bertz CT molecular complexity index is 1290. The first kappa shape index (κ1) is 21.4. The van der Waals surface area contributed by atoms with E-state index < -0.39 is 0 Å². The third-order valence-electron chi connectivity index (χ3n) is 6.73. The Morgan fingerprint density at radius 1 is 0.788 bits per heavy atom. The molecule has 4 nitrogen and oxygen atoms in total. The van der Waals surface area contributed by atoms with Crippen molar-refractivity contribution in [2.45, 2.75) is 39.8 Å². The highest BCUT2D eigenvalue weighted by Gasteiger charge is 2.43. The molecule has 0 amide bonds. The standard InChI is InChI=1S/C28H28N4S/c1-18-13-15-23(16-14-18)32-27(26(30-28(32)33)24-12-8-9-17-29-24)25-19(2)20(3)31(21(25)4)22-10-6-5-7-11-22/h5-17,26-27H,1-4H3,(H,30,33). The second-order valence-corrected chi connectivity index (χ2v) is 9.10. The average molecular weight is 453 g/mol. The van der Waals surface area contributed by atoms with Crippen LogP contribution in [0.25, 0.3) is 5.69 Å². The number of para-hydroxylation sites is 1. The van der Waals surface area contributed by atoms with E-state index in [1.165, 1.54) is 33.8 Å². The van der Waals surface area contributed by atoms with Crippen molar-refractivity contribution in [3.63, 3.8) is 0 Å². The van der Waals surface area contributed by atoms with E-state index in [1.54, 1.807) is 0 Å². The Kier molecular flexibility index (Phi) is 5.51. The third kappa shape index (κ3) is 3.62. The Balaban J connectivity index is 1.72. The number of rotatable bonds is 4. The van der Waals surface area contributed by atoms with E-state index >= 15 is 0 Å². The van der Waals surface area contributed by atoms with Crippen LogP contribution in [-0.4, -0.2) is 14.7 Å². The van der Waals surface area contributed by atoms with E-state index in [-0.39, 0.29) is 12.1 Å². The molecule has 2 unspecified atom stereocenters. The molecule has 0 aliphatic carbocycles. The number of nitrogens with one attached hydrogen (secondary N) is 1. The summed E-state index contributed by atoms with van der Waals surface area (Å²) in [6.45, 7) is 8.75. The van der Waals surface area contributed by atoms with Crippen molar-refractivity contribution in [2.24, 2.45) is 0 Å². The number of pyridine rings is 1. The maximum Gasteiger partial charge on any atom is 0.174 e. The fourth-order valence-corrected chi connectivity index (χ4v) is 5.38. The lowest BCUT2D eigenvalue weighted by Crippen LogP contribution is -2.29. The molecule has 1 saturated heterocycles. The van der Waals surface area contributed by atoms with Crippen LogP contribution in [0.2, 0.25) is 0 Å². The number of benzene rings is 2. The van der Waals surface area contributed by atoms with Crippen molar-refractivity contribution in [1.29, 1.82) is 0 Å². The Morgan fingerprint density at radius 2 is 1.48 bits per heavy atom. The van der Waals surface area contributed by atoms with E-state index in [0.29, 0.717) is 0 Å². The van der Waals surface area contributed by atoms with E-state index in [2.05, 4.69) is 103 Å². The molecule has 0 radical (unpaired) electrons. The van der Waals surface area contributed by atoms with Crippen LogP contribution in [0, 0.1) is 27.7 Å². The number of anilines is 1. The molecule has 1 aliphatic heterocycles. The quantitative estimate of drug-likeness (QED) is 0.369. The molecular formula is C28H28N4S. The molecule has 2 atom stereocenters. The van der Waals surface area contributed by atoms with Gasteiger partial charge in [-0.2, -0.15) is 0 Å². The first-order chi connectivity index (χ1) is 16.0. The zero-order valence-electron chi connectivity index (χ0n) is 19.4. The van der Waals surface area contributed by atoms with Gasteiger partial charge in [0.05, 0.1) is 17.8 Å². The Morgan fingerprint density at radius 3 is 2.15 bits per heavy atom. The van der Waals surface area contributed by atoms with E-state index in [1.807, 2.05) is 18.3 Å². The van der Waals surface area contributed by atoms with Crippen molar-refractivity contribution < 1.29 is 0 Å². The zero-order chi connectivity index (χ0) is 23.1. The van der Waals surface area contributed by atoms with Crippen LogP contribution in [0.1, 0.15) is 45.9 Å². The minimum Gasteiger partial charge on any atom is -0.351 e. The van der Waals surface area contributed by atoms with Gasteiger partial charge in [-0.3, -0.25) is 4.98 Å². The van der Waals surface area contributed by atoms with Crippen LogP contribution in [0.4, 0.5) is 5.69 Å². The minimum absolute atomic E-state index is 0.0150. The molecule has 0 saturated carbocycles. The smallest absolute Gasteiger partial charge is 0.174 e. The predicted octanol–water partition coefficient (Wildman–Crippen LogP) is 6.28. The molecule has 0 spiro atoms. The molecular weight excluding hydrogens is 424 g/mol. The zero-order valence-corrected chi connectivity index (χ0v) is 20.2. The summed E-state index contributed by atoms with van der Waals surface area (Å²) in [5.74, 6) is 0. The summed E-state index contributed by atoms with van der Waals surface area (Å²) >= 11 is 5.91. The number of thiocarbonyl (C=S) groups is 1. The van der Waals surface area contributed by atoms with Crippen LogP contribution >= 0.6 is 12.2 Å². The summed E-state index contributed by atoms with van der Waals surface area (Å²) in [5, 5.41) is 4.32. The predicted molar refractivity (Wildman–Crippen MR) is 139 cm³/mol. The van der Waals surface area contributed by atoms with Crippen molar-refractivity contribution in [3.05, 3.63) is 113 Å². The summed E-state index contributed by atoms with van der Waals surface area (Å²) in [6.07, 6.45) is 1.85. The molecule has 0 bridgehead atoms. The third-order valence-corrected chi connectivity index (χ3v) is 7.04. The molecule has 1 aliphatic rings. The minimum atomic E-state index is -0.0524. The molecule has 166 valence electrons. The first-order valence-corrected chi connectivity index (χ1v) is 11.7. The second kappa shape index (κ2) is 8.49. The number of aryl methyl sites for hydroxylation is 1. The van der Waals surface area contributed by atoms with E-state index in [9.17, 15) is 0 Å². The van der Waals surface area contributed by atoms with Gasteiger partial charge in [0.15, 0.2) is 5.11 Å². The molecule has 2 aromatic heterocycles. The topological polar surface area (TPSA) is 33.1 Å². The average Bonchev–Trinajstić information content (AvgIpc) is 3.28. The first-order valence-electron chi connectivity index (χ1n) is 11.3. The summed E-state index contributed by atoms with van der Waals surface area (Å²) in [4.78, 5) is 6.97. The van der Waals surface area contributed by atoms with Crippen LogP contribution in [-0.2, 0) is 0 Å². The van der Waals surface area contributed by atoms with Gasteiger partial charge in [0.2, 0.25) is 0 Å². The maximum absolute atomic E-state index is 5.91. The maximum atomic E-state index is 5.91. The SMILES string of the molecule is Cc1ccc(N2C(=S)NC(c3ccccn3)C2c2c(C)c(C)n(-c3ccccc3)c2C)cc1. The molecule has 33 heavy (non-hydrogen) atoms. The van der Waals surface area contributed by atoms with Gasteiger partial charge < -0.3 is 14.8 Å². The van der Waals surface area contributed by atoms with Crippen LogP contribution in [0.3, 0.4) is 0 Å². The number of hydrogen-bond donors (Lipinski definition) is 1. The molecule has 5 heteroatoms. The highest BCUT2D eigenvalue weighted by Crippen LogP contribution is 2.45. The molecule has 3 heterocycles. The lowest BCUT2D eigenvalue weighted by molar-refractivity contribution is 0.563. The summed E-state index contributed by atoms with van der Waals surface area (Å²) in [5.41, 5.74) is 9.53. The summed E-state index contributed by atoms with van der Waals surface area (Å²) < 4.78 is 2.36. The molecule has 1 fully saturated rings. The van der Waals surface area contributed by atoms with Crippen LogP contribution in [0.15, 0.2) is 79.0 Å². The fourth-order valence-electron chi connectivity index (χ4n) is 5.04. The molecule has 4 aromatic rings. The monoisotopic (exact) mass is 452 g/mol. The van der Waals surface area contributed by atoms with Crippen molar-refractivity contribution >= 4 is 23.0 Å². The number of aromatic nitrogens is 2. The van der Waals surface area contributed by atoms with Gasteiger partial charge in [0.25, 0.3) is 0 Å². The van der Waals surface area contributed by atoms with Gasteiger partial charge in [-0.25, -0.2) is 0 Å². The number of hydrogen-bond acceptors (Lipinski definition) is 2. The Hall–Kier alpha value is -3.44. The number of nitrogens with zero attached hydrogens (tertiary/aromatic N) is 3.